The number of amides is 1. The summed E-state index contributed by atoms with van der Waals surface area (Å²) in [6.07, 6.45) is 0. The first-order valence-corrected chi connectivity index (χ1v) is 8.49. The van der Waals surface area contributed by atoms with Crippen molar-refractivity contribution >= 4 is 34.0 Å². The minimum atomic E-state index is -0.0881. The van der Waals surface area contributed by atoms with Crippen molar-refractivity contribution in [2.75, 3.05) is 5.32 Å². The van der Waals surface area contributed by atoms with Gasteiger partial charge in [-0.3, -0.25) is 4.79 Å². The highest BCUT2D eigenvalue weighted by Crippen LogP contribution is 2.26. The number of rotatable bonds is 3. The molecule has 1 amide bonds. The van der Waals surface area contributed by atoms with E-state index in [2.05, 4.69) is 15.3 Å². The molecule has 4 aromatic rings. The van der Waals surface area contributed by atoms with Crippen LogP contribution in [0.3, 0.4) is 0 Å². The molecule has 2 aromatic carbocycles. The van der Waals surface area contributed by atoms with Gasteiger partial charge in [0.05, 0.1) is 15.9 Å². The molecule has 2 heterocycles. The Labute approximate surface area is 143 Å². The lowest BCUT2D eigenvalue weighted by Crippen LogP contribution is -2.11. The summed E-state index contributed by atoms with van der Waals surface area (Å²) in [4.78, 5) is 20.9. The highest BCUT2D eigenvalue weighted by Gasteiger charge is 2.11. The van der Waals surface area contributed by atoms with Crippen LogP contribution < -0.4 is 5.32 Å². The largest absolute Gasteiger partial charge is 0.338 e. The maximum absolute atomic E-state index is 12.3. The Hall–Kier alpha value is -2.92. The second-order valence-electron chi connectivity index (χ2n) is 5.56. The van der Waals surface area contributed by atoms with Crippen LogP contribution in [0.25, 0.3) is 22.4 Å². The standard InChI is InChI=1S/C19H15N3OS/c1-12-8-9-13(18-20-14-5-2-3-6-15(14)21-18)11-16(12)22-19(23)17-7-4-10-24-17/h2-11H,1H3,(H,20,21)(H,22,23). The number of aromatic amines is 1. The summed E-state index contributed by atoms with van der Waals surface area (Å²) in [5.74, 6) is 0.706. The van der Waals surface area contributed by atoms with Crippen LogP contribution in [-0.2, 0) is 0 Å². The van der Waals surface area contributed by atoms with Gasteiger partial charge in [-0.05, 0) is 42.1 Å². The molecular formula is C19H15N3OS. The number of nitrogens with one attached hydrogen (secondary N) is 2. The zero-order valence-electron chi connectivity index (χ0n) is 13.0. The van der Waals surface area contributed by atoms with Crippen LogP contribution in [0.15, 0.2) is 60.0 Å². The van der Waals surface area contributed by atoms with E-state index in [0.717, 1.165) is 33.7 Å². The minimum Gasteiger partial charge on any atom is -0.338 e. The fraction of sp³-hybridized carbons (Fsp3) is 0.0526. The van der Waals surface area contributed by atoms with Crippen molar-refractivity contribution in [3.05, 3.63) is 70.4 Å². The molecular weight excluding hydrogens is 318 g/mol. The molecule has 0 aliphatic heterocycles. The molecule has 0 saturated heterocycles. The lowest BCUT2D eigenvalue weighted by molar-refractivity contribution is 0.103. The first-order valence-electron chi connectivity index (χ1n) is 7.61. The predicted molar refractivity (Wildman–Crippen MR) is 98.5 cm³/mol. The molecule has 0 spiro atoms. The summed E-state index contributed by atoms with van der Waals surface area (Å²) in [5.41, 5.74) is 4.68. The lowest BCUT2D eigenvalue weighted by Gasteiger charge is -2.09. The molecule has 0 radical (unpaired) electrons. The Balaban J connectivity index is 1.69. The number of aromatic nitrogens is 2. The maximum atomic E-state index is 12.3. The van der Waals surface area contributed by atoms with Gasteiger partial charge in [0, 0.05) is 11.3 Å². The van der Waals surface area contributed by atoms with Crippen molar-refractivity contribution in [3.8, 4) is 11.4 Å². The third kappa shape index (κ3) is 2.70. The molecule has 0 saturated carbocycles. The van der Waals surface area contributed by atoms with Crippen molar-refractivity contribution in [2.45, 2.75) is 6.92 Å². The molecule has 2 N–H and O–H groups in total. The quantitative estimate of drug-likeness (QED) is 0.563. The molecule has 2 aromatic heterocycles. The molecule has 0 fully saturated rings. The highest BCUT2D eigenvalue weighted by molar-refractivity contribution is 7.12. The summed E-state index contributed by atoms with van der Waals surface area (Å²) in [5, 5.41) is 4.88. The number of benzene rings is 2. The average Bonchev–Trinajstić information content (AvgIpc) is 3.26. The SMILES string of the molecule is Cc1ccc(-c2nc3ccccc3[nH]2)cc1NC(=O)c1cccs1. The number of fused-ring (bicyclic) bond motifs is 1. The van der Waals surface area contributed by atoms with Gasteiger partial charge < -0.3 is 10.3 Å². The normalized spacial score (nSPS) is 10.9. The van der Waals surface area contributed by atoms with E-state index in [1.165, 1.54) is 11.3 Å². The van der Waals surface area contributed by atoms with E-state index >= 15 is 0 Å². The summed E-state index contributed by atoms with van der Waals surface area (Å²) >= 11 is 1.43. The van der Waals surface area contributed by atoms with Gasteiger partial charge in [-0.1, -0.05) is 30.3 Å². The van der Waals surface area contributed by atoms with Crippen LogP contribution in [0.4, 0.5) is 5.69 Å². The third-order valence-electron chi connectivity index (χ3n) is 3.89. The molecule has 4 nitrogen and oxygen atoms in total. The monoisotopic (exact) mass is 333 g/mol. The topological polar surface area (TPSA) is 57.8 Å². The van der Waals surface area contributed by atoms with Crippen molar-refractivity contribution in [3.63, 3.8) is 0 Å². The fourth-order valence-electron chi connectivity index (χ4n) is 2.59. The molecule has 24 heavy (non-hydrogen) atoms. The van der Waals surface area contributed by atoms with Crippen LogP contribution >= 0.6 is 11.3 Å². The van der Waals surface area contributed by atoms with E-state index < -0.39 is 0 Å². The van der Waals surface area contributed by atoms with Crippen molar-refractivity contribution in [1.82, 2.24) is 9.97 Å². The lowest BCUT2D eigenvalue weighted by atomic mass is 10.1. The summed E-state index contributed by atoms with van der Waals surface area (Å²) in [6.45, 7) is 1.98. The van der Waals surface area contributed by atoms with E-state index in [1.54, 1.807) is 0 Å². The van der Waals surface area contributed by atoms with Gasteiger partial charge in [0.15, 0.2) is 0 Å². The number of imidazole rings is 1. The first kappa shape index (κ1) is 14.7. The van der Waals surface area contributed by atoms with E-state index in [4.69, 9.17) is 0 Å². The molecule has 0 aliphatic rings. The Morgan fingerprint density at radius 2 is 2.00 bits per heavy atom. The Bertz CT molecular complexity index is 985. The second-order valence-corrected chi connectivity index (χ2v) is 6.51. The zero-order chi connectivity index (χ0) is 16.5. The minimum absolute atomic E-state index is 0.0881. The average molecular weight is 333 g/mol. The summed E-state index contributed by atoms with van der Waals surface area (Å²) < 4.78 is 0. The van der Waals surface area contributed by atoms with E-state index in [1.807, 2.05) is 66.9 Å². The van der Waals surface area contributed by atoms with Crippen LogP contribution in [0, 0.1) is 6.92 Å². The number of aryl methyl sites for hydroxylation is 1. The highest BCUT2D eigenvalue weighted by atomic mass is 32.1. The number of hydrogen-bond donors (Lipinski definition) is 2. The van der Waals surface area contributed by atoms with Crippen LogP contribution in [0.5, 0.6) is 0 Å². The number of thiophene rings is 1. The number of carbonyl (C=O) groups is 1. The molecule has 118 valence electrons. The molecule has 0 aliphatic carbocycles. The van der Waals surface area contributed by atoms with E-state index in [-0.39, 0.29) is 5.91 Å². The van der Waals surface area contributed by atoms with Gasteiger partial charge in [-0.2, -0.15) is 0 Å². The second kappa shape index (κ2) is 5.94. The summed E-state index contributed by atoms with van der Waals surface area (Å²) in [7, 11) is 0. The molecule has 4 rings (SSSR count). The van der Waals surface area contributed by atoms with Crippen molar-refractivity contribution in [2.24, 2.45) is 0 Å². The Kier molecular flexibility index (Phi) is 3.63. The maximum Gasteiger partial charge on any atom is 0.265 e. The number of nitrogens with zero attached hydrogens (tertiary/aromatic N) is 1. The van der Waals surface area contributed by atoms with Gasteiger partial charge in [-0.25, -0.2) is 4.98 Å². The smallest absolute Gasteiger partial charge is 0.265 e. The van der Waals surface area contributed by atoms with Crippen LogP contribution in [0.2, 0.25) is 0 Å². The Morgan fingerprint density at radius 1 is 1.12 bits per heavy atom. The van der Waals surface area contributed by atoms with Crippen LogP contribution in [0.1, 0.15) is 15.2 Å². The number of hydrogen-bond acceptors (Lipinski definition) is 3. The van der Waals surface area contributed by atoms with Crippen molar-refractivity contribution < 1.29 is 4.79 Å². The number of anilines is 1. The summed E-state index contributed by atoms with van der Waals surface area (Å²) in [6, 6.07) is 17.6. The number of para-hydroxylation sites is 2. The van der Waals surface area contributed by atoms with E-state index in [9.17, 15) is 4.79 Å². The van der Waals surface area contributed by atoms with Gasteiger partial charge in [0.2, 0.25) is 0 Å². The number of H-pyrrole nitrogens is 1. The van der Waals surface area contributed by atoms with Gasteiger partial charge >= 0.3 is 0 Å². The van der Waals surface area contributed by atoms with Crippen molar-refractivity contribution in [1.29, 1.82) is 0 Å². The molecule has 5 heteroatoms. The van der Waals surface area contributed by atoms with Gasteiger partial charge in [0.25, 0.3) is 5.91 Å². The zero-order valence-corrected chi connectivity index (χ0v) is 13.9. The molecule has 0 bridgehead atoms. The predicted octanol–water partition coefficient (Wildman–Crippen LogP) is 4.85. The first-order chi connectivity index (χ1) is 11.7. The molecule has 0 atom stereocenters. The van der Waals surface area contributed by atoms with E-state index in [0.29, 0.717) is 4.88 Å². The third-order valence-corrected chi connectivity index (χ3v) is 4.76. The molecule has 0 unspecified atom stereocenters. The fourth-order valence-corrected chi connectivity index (χ4v) is 3.20. The van der Waals surface area contributed by atoms with Gasteiger partial charge in [0.1, 0.15) is 5.82 Å². The van der Waals surface area contributed by atoms with Crippen LogP contribution in [-0.4, -0.2) is 15.9 Å². The Morgan fingerprint density at radius 3 is 2.79 bits per heavy atom. The number of carbonyl (C=O) groups excluding carboxylic acids is 1. The van der Waals surface area contributed by atoms with Gasteiger partial charge in [-0.15, -0.1) is 11.3 Å².